The highest BCUT2D eigenvalue weighted by atomic mass is 16.5. The molecule has 5 heteroatoms. The summed E-state index contributed by atoms with van der Waals surface area (Å²) in [5, 5.41) is 9.70. The molecule has 1 aromatic carbocycles. The quantitative estimate of drug-likeness (QED) is 0.811. The summed E-state index contributed by atoms with van der Waals surface area (Å²) < 4.78 is 10.4. The number of morpholine rings is 1. The monoisotopic (exact) mass is 264 g/mol. The minimum Gasteiger partial charge on any atom is -0.507 e. The van der Waals surface area contributed by atoms with Gasteiger partial charge >= 0.3 is 0 Å². The van der Waals surface area contributed by atoms with E-state index in [1.54, 1.807) is 31.5 Å². The largest absolute Gasteiger partial charge is 0.507 e. The van der Waals surface area contributed by atoms with E-state index in [-0.39, 0.29) is 5.75 Å². The Balaban J connectivity index is 1.84. The maximum Gasteiger partial charge on any atom is 0.124 e. The molecule has 0 amide bonds. The lowest BCUT2D eigenvalue weighted by atomic mass is 10.2. The first-order chi connectivity index (χ1) is 9.29. The predicted octanol–water partition coefficient (Wildman–Crippen LogP) is 1.15. The van der Waals surface area contributed by atoms with Crippen LogP contribution in [-0.4, -0.2) is 62.7 Å². The Kier molecular flexibility index (Phi) is 5.18. The van der Waals surface area contributed by atoms with Crippen LogP contribution in [0.3, 0.4) is 0 Å². The molecule has 5 nitrogen and oxygen atoms in total. The number of benzene rings is 1. The molecule has 1 heterocycles. The fourth-order valence-electron chi connectivity index (χ4n) is 1.95. The molecular weight excluding hydrogens is 244 g/mol. The van der Waals surface area contributed by atoms with Gasteiger partial charge in [0.05, 0.1) is 26.9 Å². The minimum absolute atomic E-state index is 0.218. The molecule has 1 saturated heterocycles. The van der Waals surface area contributed by atoms with E-state index in [0.29, 0.717) is 11.3 Å². The van der Waals surface area contributed by atoms with Crippen LogP contribution in [0, 0.1) is 0 Å². The first-order valence-corrected chi connectivity index (χ1v) is 6.46. The van der Waals surface area contributed by atoms with Gasteiger partial charge in [-0.25, -0.2) is 0 Å². The van der Waals surface area contributed by atoms with Gasteiger partial charge in [-0.3, -0.25) is 9.89 Å². The number of phenolic OH excluding ortho intramolecular Hbond substituents is 1. The first-order valence-electron chi connectivity index (χ1n) is 6.46. The van der Waals surface area contributed by atoms with E-state index in [2.05, 4.69) is 9.89 Å². The molecule has 0 aliphatic carbocycles. The Bertz CT molecular complexity index is 429. The molecular formula is C14H20N2O3. The summed E-state index contributed by atoms with van der Waals surface area (Å²) >= 11 is 0. The van der Waals surface area contributed by atoms with Gasteiger partial charge in [0.25, 0.3) is 0 Å². The normalized spacial score (nSPS) is 16.9. The van der Waals surface area contributed by atoms with Crippen LogP contribution in [0.1, 0.15) is 5.56 Å². The molecule has 0 aromatic heterocycles. The van der Waals surface area contributed by atoms with Crippen LogP contribution in [0.15, 0.2) is 23.2 Å². The number of rotatable bonds is 5. The van der Waals surface area contributed by atoms with Crippen LogP contribution in [-0.2, 0) is 4.74 Å². The van der Waals surface area contributed by atoms with Crippen molar-refractivity contribution in [2.24, 2.45) is 4.99 Å². The highest BCUT2D eigenvalue weighted by molar-refractivity contribution is 5.84. The number of ether oxygens (including phenoxy) is 2. The van der Waals surface area contributed by atoms with Gasteiger partial charge < -0.3 is 14.6 Å². The lowest BCUT2D eigenvalue weighted by Gasteiger charge is -2.25. The average Bonchev–Trinajstić information content (AvgIpc) is 2.46. The molecule has 1 N–H and O–H groups in total. The van der Waals surface area contributed by atoms with Crippen molar-refractivity contribution in [3.8, 4) is 11.5 Å². The second kappa shape index (κ2) is 7.11. The summed E-state index contributed by atoms with van der Waals surface area (Å²) in [4.78, 5) is 6.67. The second-order valence-electron chi connectivity index (χ2n) is 4.41. The lowest BCUT2D eigenvalue weighted by molar-refractivity contribution is 0.0395. The van der Waals surface area contributed by atoms with Crippen LogP contribution in [0.25, 0.3) is 0 Å². The van der Waals surface area contributed by atoms with Crippen molar-refractivity contribution in [3.63, 3.8) is 0 Å². The standard InChI is InChI=1S/C14H20N2O3/c1-18-13-2-3-14(17)12(10-13)11-15-4-5-16-6-8-19-9-7-16/h2-3,10-11,17H,4-9H2,1H3. The molecule has 1 aromatic rings. The number of phenols is 1. The number of aromatic hydroxyl groups is 1. The molecule has 1 fully saturated rings. The van der Waals surface area contributed by atoms with Gasteiger partial charge in [0.1, 0.15) is 11.5 Å². The van der Waals surface area contributed by atoms with E-state index < -0.39 is 0 Å². The van der Waals surface area contributed by atoms with Crippen LogP contribution >= 0.6 is 0 Å². The van der Waals surface area contributed by atoms with Crippen molar-refractivity contribution in [3.05, 3.63) is 23.8 Å². The molecule has 104 valence electrons. The second-order valence-corrected chi connectivity index (χ2v) is 4.41. The average molecular weight is 264 g/mol. The van der Waals surface area contributed by atoms with E-state index in [0.717, 1.165) is 39.4 Å². The lowest BCUT2D eigenvalue weighted by Crippen LogP contribution is -2.37. The van der Waals surface area contributed by atoms with Crippen molar-refractivity contribution in [1.29, 1.82) is 0 Å². The topological polar surface area (TPSA) is 54.3 Å². The molecule has 0 bridgehead atoms. The molecule has 0 unspecified atom stereocenters. The van der Waals surface area contributed by atoms with Crippen molar-refractivity contribution < 1.29 is 14.6 Å². The van der Waals surface area contributed by atoms with Gasteiger partial charge in [-0.15, -0.1) is 0 Å². The fourth-order valence-corrected chi connectivity index (χ4v) is 1.95. The Morgan fingerprint density at radius 2 is 2.21 bits per heavy atom. The van der Waals surface area contributed by atoms with Crippen LogP contribution in [0.2, 0.25) is 0 Å². The number of methoxy groups -OCH3 is 1. The molecule has 0 spiro atoms. The summed E-state index contributed by atoms with van der Waals surface area (Å²) in [5.41, 5.74) is 0.682. The predicted molar refractivity (Wildman–Crippen MR) is 74.4 cm³/mol. The van der Waals surface area contributed by atoms with E-state index >= 15 is 0 Å². The molecule has 0 radical (unpaired) electrons. The van der Waals surface area contributed by atoms with E-state index in [1.807, 2.05) is 0 Å². The maximum absolute atomic E-state index is 9.70. The van der Waals surface area contributed by atoms with Crippen LogP contribution < -0.4 is 4.74 Å². The third-order valence-electron chi connectivity index (χ3n) is 3.11. The molecule has 19 heavy (non-hydrogen) atoms. The Labute approximate surface area is 113 Å². The fraction of sp³-hybridized carbons (Fsp3) is 0.500. The highest BCUT2D eigenvalue weighted by Crippen LogP contribution is 2.20. The smallest absolute Gasteiger partial charge is 0.124 e. The summed E-state index contributed by atoms with van der Waals surface area (Å²) in [6, 6.07) is 5.11. The van der Waals surface area contributed by atoms with Gasteiger partial charge in [0.2, 0.25) is 0 Å². The zero-order valence-electron chi connectivity index (χ0n) is 11.2. The van der Waals surface area contributed by atoms with Crippen molar-refractivity contribution in [2.75, 3.05) is 46.5 Å². The molecule has 1 aliphatic heterocycles. The van der Waals surface area contributed by atoms with E-state index in [4.69, 9.17) is 9.47 Å². The van der Waals surface area contributed by atoms with E-state index in [1.165, 1.54) is 0 Å². The summed E-state index contributed by atoms with van der Waals surface area (Å²) in [6.07, 6.45) is 1.69. The van der Waals surface area contributed by atoms with Crippen molar-refractivity contribution in [2.45, 2.75) is 0 Å². The Hall–Kier alpha value is -1.59. The van der Waals surface area contributed by atoms with Gasteiger partial charge in [0, 0.05) is 31.4 Å². The Morgan fingerprint density at radius 1 is 1.42 bits per heavy atom. The van der Waals surface area contributed by atoms with Gasteiger partial charge in [0.15, 0.2) is 0 Å². The minimum atomic E-state index is 0.218. The summed E-state index contributed by atoms with van der Waals surface area (Å²) in [7, 11) is 1.60. The number of hydrogen-bond donors (Lipinski definition) is 1. The third-order valence-corrected chi connectivity index (χ3v) is 3.11. The van der Waals surface area contributed by atoms with Crippen molar-refractivity contribution in [1.82, 2.24) is 4.90 Å². The zero-order chi connectivity index (χ0) is 13.5. The Morgan fingerprint density at radius 3 is 2.95 bits per heavy atom. The molecule has 1 aliphatic rings. The van der Waals surface area contributed by atoms with Crippen LogP contribution in [0.4, 0.5) is 0 Å². The number of aliphatic imine (C=N–C) groups is 1. The molecule has 2 rings (SSSR count). The number of hydrogen-bond acceptors (Lipinski definition) is 5. The van der Waals surface area contributed by atoms with Crippen molar-refractivity contribution >= 4 is 6.21 Å². The summed E-state index contributed by atoms with van der Waals surface area (Å²) in [6.45, 7) is 5.20. The highest BCUT2D eigenvalue weighted by Gasteiger charge is 2.08. The van der Waals surface area contributed by atoms with Crippen LogP contribution in [0.5, 0.6) is 11.5 Å². The zero-order valence-corrected chi connectivity index (χ0v) is 11.2. The molecule has 0 saturated carbocycles. The van der Waals surface area contributed by atoms with E-state index in [9.17, 15) is 5.11 Å². The maximum atomic E-state index is 9.70. The SMILES string of the molecule is COc1ccc(O)c(C=NCCN2CCOCC2)c1. The van der Waals surface area contributed by atoms with Gasteiger partial charge in [-0.2, -0.15) is 0 Å². The number of nitrogens with zero attached hydrogens (tertiary/aromatic N) is 2. The molecule has 0 atom stereocenters. The van der Waals surface area contributed by atoms with Gasteiger partial charge in [-0.1, -0.05) is 0 Å². The summed E-state index contributed by atoms with van der Waals surface area (Å²) in [5.74, 6) is 0.934. The third kappa shape index (κ3) is 4.22. The first kappa shape index (κ1) is 13.8. The van der Waals surface area contributed by atoms with Gasteiger partial charge in [-0.05, 0) is 18.2 Å².